The van der Waals surface area contributed by atoms with Crippen LogP contribution < -0.4 is 21.3 Å². The minimum atomic E-state index is -0.432. The second-order valence-corrected chi connectivity index (χ2v) is 11.9. The van der Waals surface area contributed by atoms with Crippen molar-refractivity contribution in [2.75, 3.05) is 42.1 Å². The number of hydrogen-bond acceptors (Lipinski definition) is 8. The summed E-state index contributed by atoms with van der Waals surface area (Å²) in [5.74, 6) is -1.19. The van der Waals surface area contributed by atoms with Gasteiger partial charge in [0, 0.05) is 75.5 Å². The number of rotatable bonds is 10. The van der Waals surface area contributed by atoms with Crippen molar-refractivity contribution >= 4 is 51.6 Å². The van der Waals surface area contributed by atoms with Gasteiger partial charge in [-0.3, -0.25) is 24.2 Å². The summed E-state index contributed by atoms with van der Waals surface area (Å²) >= 11 is 0. The number of nitrogens with zero attached hydrogens (tertiary/aromatic N) is 5. The van der Waals surface area contributed by atoms with Gasteiger partial charge in [0.2, 0.25) is 5.82 Å². The van der Waals surface area contributed by atoms with Crippen molar-refractivity contribution in [3.63, 3.8) is 0 Å². The molecular formula is C35H37N9O5. The van der Waals surface area contributed by atoms with Crippen LogP contribution in [0.1, 0.15) is 54.8 Å². The van der Waals surface area contributed by atoms with Gasteiger partial charge in [-0.25, -0.2) is 4.98 Å². The fourth-order valence-electron chi connectivity index (χ4n) is 5.73. The van der Waals surface area contributed by atoms with E-state index in [9.17, 15) is 24.3 Å². The fourth-order valence-corrected chi connectivity index (χ4v) is 5.73. The van der Waals surface area contributed by atoms with Crippen molar-refractivity contribution < 1.29 is 24.3 Å². The number of aliphatic hydroxyl groups excluding tert-OH is 1. The molecule has 2 aromatic carbocycles. The van der Waals surface area contributed by atoms with Crippen LogP contribution in [0, 0.1) is 0 Å². The van der Waals surface area contributed by atoms with Crippen LogP contribution >= 0.6 is 0 Å². The van der Waals surface area contributed by atoms with E-state index in [2.05, 4.69) is 36.1 Å². The summed E-state index contributed by atoms with van der Waals surface area (Å²) in [7, 11) is 3.37. The average Bonchev–Trinajstić information content (AvgIpc) is 3.66. The lowest BCUT2D eigenvalue weighted by molar-refractivity contribution is 0.0801. The maximum absolute atomic E-state index is 13.1. The molecule has 0 bridgehead atoms. The Bertz CT molecular complexity index is 2000. The number of aromatic nitrogens is 4. The van der Waals surface area contributed by atoms with E-state index in [1.165, 1.54) is 0 Å². The number of anilines is 3. The Kier molecular flexibility index (Phi) is 9.78. The molecule has 14 nitrogen and oxygen atoms in total. The number of likely N-dealkylation sites (tertiary alicyclic amines) is 1. The van der Waals surface area contributed by atoms with Crippen molar-refractivity contribution in [3.8, 4) is 0 Å². The summed E-state index contributed by atoms with van der Waals surface area (Å²) in [6.07, 6.45) is 6.00. The first-order chi connectivity index (χ1) is 23.6. The van der Waals surface area contributed by atoms with Gasteiger partial charge in [-0.15, -0.1) is 0 Å². The molecule has 0 unspecified atom stereocenters. The zero-order chi connectivity index (χ0) is 34.5. The first-order valence-electron chi connectivity index (χ1n) is 15.9. The summed E-state index contributed by atoms with van der Waals surface area (Å²) in [6, 6.07) is 17.2. The number of fused-ring (bicyclic) bond motifs is 1. The van der Waals surface area contributed by atoms with Crippen molar-refractivity contribution in [1.29, 1.82) is 0 Å². The topological polar surface area (TPSA) is 176 Å². The number of piperidine rings is 1. The van der Waals surface area contributed by atoms with Crippen molar-refractivity contribution in [2.45, 2.75) is 18.9 Å². The van der Waals surface area contributed by atoms with Gasteiger partial charge >= 0.3 is 0 Å². The van der Waals surface area contributed by atoms with Gasteiger partial charge < -0.3 is 40.4 Å². The number of amides is 4. The molecule has 1 fully saturated rings. The number of aryl methyl sites for hydroxylation is 2. The molecule has 4 heterocycles. The van der Waals surface area contributed by atoms with Crippen LogP contribution in [0.25, 0.3) is 10.8 Å². The lowest BCUT2D eigenvalue weighted by Crippen LogP contribution is -2.41. The Balaban J connectivity index is 1.01. The Morgan fingerprint density at radius 3 is 2.33 bits per heavy atom. The average molecular weight is 664 g/mol. The number of benzene rings is 2. The number of aliphatic hydroxyl groups is 1. The quantitative estimate of drug-likeness (QED) is 0.151. The molecular weight excluding hydrogens is 626 g/mol. The smallest absolute Gasteiger partial charge is 0.287 e. The molecule has 1 aliphatic rings. The fraction of sp³-hybridized carbons (Fsp3) is 0.257. The number of hydrogen-bond donors (Lipinski definition) is 5. The van der Waals surface area contributed by atoms with Gasteiger partial charge in [0.15, 0.2) is 5.82 Å². The maximum Gasteiger partial charge on any atom is 0.287 e. The third kappa shape index (κ3) is 7.83. The summed E-state index contributed by atoms with van der Waals surface area (Å²) in [5.41, 5.74) is 1.82. The monoisotopic (exact) mass is 663 g/mol. The molecule has 0 saturated carbocycles. The van der Waals surface area contributed by atoms with Crippen LogP contribution in [0.4, 0.5) is 17.2 Å². The molecule has 4 amide bonds. The molecule has 0 radical (unpaired) electrons. The molecule has 1 saturated heterocycles. The summed E-state index contributed by atoms with van der Waals surface area (Å²) in [4.78, 5) is 62.5. The van der Waals surface area contributed by atoms with E-state index < -0.39 is 11.8 Å². The molecule has 5 aromatic rings. The van der Waals surface area contributed by atoms with Gasteiger partial charge in [0.25, 0.3) is 23.6 Å². The normalized spacial score (nSPS) is 13.6. The number of pyridine rings is 1. The summed E-state index contributed by atoms with van der Waals surface area (Å²) < 4.78 is 3.15. The lowest BCUT2D eigenvalue weighted by atomic mass is 10.1. The predicted octanol–water partition coefficient (Wildman–Crippen LogP) is 3.25. The highest BCUT2D eigenvalue weighted by Gasteiger charge is 2.20. The van der Waals surface area contributed by atoms with Gasteiger partial charge in [0.1, 0.15) is 11.4 Å². The molecule has 5 N–H and O–H groups in total. The first kappa shape index (κ1) is 33.1. The van der Waals surface area contributed by atoms with Crippen LogP contribution in [0.5, 0.6) is 0 Å². The zero-order valence-electron chi connectivity index (χ0n) is 27.1. The highest BCUT2D eigenvalue weighted by Crippen LogP contribution is 2.20. The maximum atomic E-state index is 13.1. The highest BCUT2D eigenvalue weighted by atomic mass is 16.3. The van der Waals surface area contributed by atoms with Crippen LogP contribution in [-0.4, -0.2) is 85.0 Å². The largest absolute Gasteiger partial charge is 0.393 e. The zero-order valence-corrected chi connectivity index (χ0v) is 27.1. The molecule has 49 heavy (non-hydrogen) atoms. The Hall–Kier alpha value is -5.86. The number of imidazole rings is 1. The van der Waals surface area contributed by atoms with Crippen molar-refractivity contribution in [2.24, 2.45) is 14.1 Å². The number of nitrogens with one attached hydrogen (secondary N) is 4. The second kappa shape index (κ2) is 14.5. The van der Waals surface area contributed by atoms with Gasteiger partial charge in [0.05, 0.1) is 11.8 Å². The van der Waals surface area contributed by atoms with Gasteiger partial charge in [-0.2, -0.15) is 0 Å². The number of carbonyl (C=O) groups excluding carboxylic acids is 4. The molecule has 0 spiro atoms. The lowest BCUT2D eigenvalue weighted by Gasteiger charge is -2.29. The SMILES string of the molecule is Cn1cc(NC(=O)c2nccc3ccccc23)cc1C(=O)Nc1ccc(C(=O)Nc2cn(C)c(C(=O)NCCN3CCC(O)CC3)n2)cc1. The van der Waals surface area contributed by atoms with Crippen LogP contribution in [0.2, 0.25) is 0 Å². The van der Waals surface area contributed by atoms with E-state index in [0.717, 1.165) is 36.7 Å². The third-order valence-corrected chi connectivity index (χ3v) is 8.38. The van der Waals surface area contributed by atoms with Gasteiger partial charge in [-0.05, 0) is 54.6 Å². The van der Waals surface area contributed by atoms with E-state index in [1.54, 1.807) is 72.2 Å². The van der Waals surface area contributed by atoms with E-state index in [1.807, 2.05) is 30.3 Å². The number of carbonyl (C=O) groups is 4. The molecule has 6 rings (SSSR count). The van der Waals surface area contributed by atoms with Crippen LogP contribution in [0.15, 0.2) is 79.3 Å². The van der Waals surface area contributed by atoms with E-state index in [-0.39, 0.29) is 35.3 Å². The van der Waals surface area contributed by atoms with Crippen molar-refractivity contribution in [3.05, 3.63) is 102 Å². The standard InChI is InChI=1S/C35H37N9O5/c1-42-20-25(39-34(48)30-27-6-4-3-5-22(27)11-14-36-30)19-28(42)33(47)38-24-9-7-23(8-10-24)32(46)41-29-21-43(2)31(40-29)35(49)37-15-18-44-16-12-26(45)13-17-44/h3-11,14,19-21,26,45H,12-13,15-18H2,1-2H3,(H,37,49)(H,38,47)(H,39,48)(H,41,46). The van der Waals surface area contributed by atoms with E-state index in [0.29, 0.717) is 35.7 Å². The Labute approximate surface area is 282 Å². The molecule has 14 heteroatoms. The molecule has 252 valence electrons. The minimum Gasteiger partial charge on any atom is -0.393 e. The molecule has 0 atom stereocenters. The van der Waals surface area contributed by atoms with Crippen LogP contribution in [0.3, 0.4) is 0 Å². The predicted molar refractivity (Wildman–Crippen MR) is 185 cm³/mol. The minimum absolute atomic E-state index is 0.163. The first-order valence-corrected chi connectivity index (χ1v) is 15.9. The highest BCUT2D eigenvalue weighted by molar-refractivity contribution is 6.12. The Morgan fingerprint density at radius 2 is 1.55 bits per heavy atom. The van der Waals surface area contributed by atoms with Crippen molar-refractivity contribution in [1.82, 2.24) is 29.3 Å². The van der Waals surface area contributed by atoms with E-state index >= 15 is 0 Å². The molecule has 1 aliphatic heterocycles. The van der Waals surface area contributed by atoms with E-state index in [4.69, 9.17) is 0 Å². The Morgan fingerprint density at radius 1 is 0.816 bits per heavy atom. The summed E-state index contributed by atoms with van der Waals surface area (Å²) in [6.45, 7) is 2.71. The second-order valence-electron chi connectivity index (χ2n) is 11.9. The van der Waals surface area contributed by atoms with Gasteiger partial charge in [-0.1, -0.05) is 24.3 Å². The molecule has 3 aromatic heterocycles. The third-order valence-electron chi connectivity index (χ3n) is 8.38. The molecule has 0 aliphatic carbocycles. The summed E-state index contributed by atoms with van der Waals surface area (Å²) in [5, 5.41) is 22.5. The van der Waals surface area contributed by atoms with Crippen LogP contribution in [-0.2, 0) is 14.1 Å².